The van der Waals surface area contributed by atoms with Crippen molar-refractivity contribution in [2.45, 2.75) is 65.8 Å². The summed E-state index contributed by atoms with van der Waals surface area (Å²) in [5, 5.41) is 11.7. The fraction of sp³-hybridized carbons (Fsp3) is 0.464. The Kier molecular flexibility index (Phi) is 6.53. The number of rotatable bonds is 5. The van der Waals surface area contributed by atoms with Crippen LogP contribution in [0, 0.1) is 6.92 Å². The molecule has 5 heteroatoms. The second-order valence-electron chi connectivity index (χ2n) is 10.1. The Bertz CT molecular complexity index is 1150. The van der Waals surface area contributed by atoms with Crippen molar-refractivity contribution >= 4 is 16.9 Å². The normalized spacial score (nSPS) is 15.2. The van der Waals surface area contributed by atoms with Gasteiger partial charge in [-0.05, 0) is 75.0 Å². The molecule has 1 saturated heterocycles. The molecule has 0 saturated carbocycles. The van der Waals surface area contributed by atoms with Gasteiger partial charge in [0.1, 0.15) is 5.75 Å². The molecule has 5 nitrogen and oxygen atoms in total. The van der Waals surface area contributed by atoms with Crippen LogP contribution >= 0.6 is 0 Å². The van der Waals surface area contributed by atoms with Gasteiger partial charge in [-0.15, -0.1) is 0 Å². The lowest BCUT2D eigenvalue weighted by atomic mass is 9.87. The molecule has 3 aromatic rings. The first-order valence-corrected chi connectivity index (χ1v) is 12.1. The number of ether oxygens (including phenoxy) is 1. The summed E-state index contributed by atoms with van der Waals surface area (Å²) in [4.78, 5) is 15.5. The smallest absolute Gasteiger partial charge is 0.340 e. The molecule has 2 aromatic carbocycles. The minimum Gasteiger partial charge on any atom is -0.508 e. The number of benzene rings is 2. The van der Waals surface area contributed by atoms with E-state index in [1.807, 2.05) is 19.9 Å². The molecule has 0 spiro atoms. The predicted molar refractivity (Wildman–Crippen MR) is 133 cm³/mol. The number of aromatic nitrogens is 1. The number of nitrogens with zero attached hydrogens (tertiary/aromatic N) is 2. The number of fused-ring (bicyclic) bond motifs is 1. The van der Waals surface area contributed by atoms with Gasteiger partial charge in [-0.25, -0.2) is 4.79 Å². The first-order chi connectivity index (χ1) is 15.7. The van der Waals surface area contributed by atoms with Crippen molar-refractivity contribution in [2.75, 3.05) is 19.7 Å². The number of aromatic hydroxyl groups is 1. The van der Waals surface area contributed by atoms with E-state index in [0.717, 1.165) is 40.9 Å². The lowest BCUT2D eigenvalue weighted by Gasteiger charge is -2.27. The minimum atomic E-state index is -0.337. The first kappa shape index (κ1) is 23.4. The summed E-state index contributed by atoms with van der Waals surface area (Å²) in [7, 11) is 0. The molecule has 0 radical (unpaired) electrons. The molecule has 2 heterocycles. The van der Waals surface area contributed by atoms with Gasteiger partial charge in [0.25, 0.3) is 0 Å². The van der Waals surface area contributed by atoms with Crippen LogP contribution in [0.1, 0.15) is 74.1 Å². The van der Waals surface area contributed by atoms with E-state index in [1.165, 1.54) is 24.8 Å². The third kappa shape index (κ3) is 4.51. The van der Waals surface area contributed by atoms with E-state index in [-0.39, 0.29) is 17.1 Å². The van der Waals surface area contributed by atoms with Crippen molar-refractivity contribution in [3.63, 3.8) is 0 Å². The van der Waals surface area contributed by atoms with Crippen molar-refractivity contribution in [1.29, 1.82) is 0 Å². The average molecular weight is 449 g/mol. The fourth-order valence-corrected chi connectivity index (χ4v) is 4.96. The highest BCUT2D eigenvalue weighted by atomic mass is 16.5. The van der Waals surface area contributed by atoms with Gasteiger partial charge in [0.05, 0.1) is 17.7 Å². The molecule has 1 aliphatic rings. The summed E-state index contributed by atoms with van der Waals surface area (Å²) < 4.78 is 7.59. The van der Waals surface area contributed by atoms with Crippen LogP contribution in [0.2, 0.25) is 0 Å². The van der Waals surface area contributed by atoms with Crippen molar-refractivity contribution in [3.05, 3.63) is 58.8 Å². The van der Waals surface area contributed by atoms with E-state index in [2.05, 4.69) is 54.5 Å². The van der Waals surface area contributed by atoms with Crippen LogP contribution < -0.4 is 0 Å². The number of hydrogen-bond acceptors (Lipinski definition) is 4. The van der Waals surface area contributed by atoms with Gasteiger partial charge in [0.2, 0.25) is 0 Å². The standard InChI is InChI=1S/C28H36N2O3/c1-6-33-27(32)25-19(2)30(21-12-10-20(11-13-21)28(3,4)5)23-14-15-24(31)22(26(23)25)18-29-16-8-7-9-17-29/h10-15,31H,6-9,16-18H2,1-5H3. The van der Waals surface area contributed by atoms with E-state index >= 15 is 0 Å². The zero-order valence-corrected chi connectivity index (χ0v) is 20.6. The maximum absolute atomic E-state index is 13.1. The van der Waals surface area contributed by atoms with Gasteiger partial charge < -0.3 is 14.4 Å². The quantitative estimate of drug-likeness (QED) is 0.479. The van der Waals surface area contributed by atoms with Crippen LogP contribution in [-0.4, -0.2) is 40.2 Å². The average Bonchev–Trinajstić information content (AvgIpc) is 3.08. The third-order valence-corrected chi connectivity index (χ3v) is 6.76. The minimum absolute atomic E-state index is 0.0653. The van der Waals surface area contributed by atoms with Crippen molar-refractivity contribution in [3.8, 4) is 11.4 Å². The zero-order chi connectivity index (χ0) is 23.8. The van der Waals surface area contributed by atoms with Gasteiger partial charge >= 0.3 is 5.97 Å². The van der Waals surface area contributed by atoms with E-state index < -0.39 is 0 Å². The van der Waals surface area contributed by atoms with Crippen molar-refractivity contribution in [1.82, 2.24) is 9.47 Å². The second kappa shape index (κ2) is 9.22. The zero-order valence-electron chi connectivity index (χ0n) is 20.6. The summed E-state index contributed by atoms with van der Waals surface area (Å²) in [5.74, 6) is -0.102. The molecule has 0 atom stereocenters. The Morgan fingerprint density at radius 1 is 1.03 bits per heavy atom. The molecular formula is C28H36N2O3. The molecule has 0 bridgehead atoms. The van der Waals surface area contributed by atoms with Gasteiger partial charge in [-0.1, -0.05) is 39.3 Å². The predicted octanol–water partition coefficient (Wildman–Crippen LogP) is 6.10. The molecule has 4 rings (SSSR count). The SMILES string of the molecule is CCOC(=O)c1c(C)n(-c2ccc(C(C)(C)C)cc2)c2ccc(O)c(CN3CCCCC3)c12. The largest absolute Gasteiger partial charge is 0.508 e. The number of hydrogen-bond donors (Lipinski definition) is 1. The Morgan fingerprint density at radius 3 is 2.30 bits per heavy atom. The van der Waals surface area contributed by atoms with E-state index in [9.17, 15) is 9.90 Å². The third-order valence-electron chi connectivity index (χ3n) is 6.76. The number of carbonyl (C=O) groups is 1. The highest BCUT2D eigenvalue weighted by Crippen LogP contribution is 2.37. The maximum Gasteiger partial charge on any atom is 0.340 e. The summed E-state index contributed by atoms with van der Waals surface area (Å²) in [6, 6.07) is 12.2. The summed E-state index contributed by atoms with van der Waals surface area (Å²) in [5.41, 5.74) is 5.43. The van der Waals surface area contributed by atoms with Crippen LogP contribution in [0.25, 0.3) is 16.6 Å². The van der Waals surface area contributed by atoms with E-state index in [4.69, 9.17) is 4.74 Å². The molecule has 0 aliphatic carbocycles. The molecule has 1 N–H and O–H groups in total. The molecule has 1 aliphatic heterocycles. The van der Waals surface area contributed by atoms with E-state index in [0.29, 0.717) is 18.7 Å². The molecule has 1 aromatic heterocycles. The first-order valence-electron chi connectivity index (χ1n) is 12.1. The second-order valence-corrected chi connectivity index (χ2v) is 10.1. The molecular weight excluding hydrogens is 412 g/mol. The monoisotopic (exact) mass is 448 g/mol. The fourth-order valence-electron chi connectivity index (χ4n) is 4.96. The number of esters is 1. The van der Waals surface area contributed by atoms with Crippen molar-refractivity contribution < 1.29 is 14.6 Å². The molecule has 1 fully saturated rings. The van der Waals surface area contributed by atoms with Gasteiger partial charge in [-0.3, -0.25) is 4.90 Å². The van der Waals surface area contributed by atoms with Crippen LogP contribution in [0.3, 0.4) is 0 Å². The molecule has 176 valence electrons. The Balaban J connectivity index is 1.92. The van der Waals surface area contributed by atoms with Gasteiger partial charge in [0, 0.05) is 28.9 Å². The van der Waals surface area contributed by atoms with Crippen LogP contribution in [0.4, 0.5) is 0 Å². The van der Waals surface area contributed by atoms with Crippen LogP contribution in [0.15, 0.2) is 36.4 Å². The lowest BCUT2D eigenvalue weighted by molar-refractivity contribution is 0.0527. The number of phenolic OH excluding ortho intramolecular Hbond substituents is 1. The van der Waals surface area contributed by atoms with Gasteiger partial charge in [-0.2, -0.15) is 0 Å². The lowest BCUT2D eigenvalue weighted by Crippen LogP contribution is -2.29. The highest BCUT2D eigenvalue weighted by Gasteiger charge is 2.27. The number of phenols is 1. The Hall–Kier alpha value is -2.79. The van der Waals surface area contributed by atoms with Gasteiger partial charge in [0.15, 0.2) is 0 Å². The molecule has 33 heavy (non-hydrogen) atoms. The van der Waals surface area contributed by atoms with Crippen LogP contribution in [-0.2, 0) is 16.7 Å². The summed E-state index contributed by atoms with van der Waals surface area (Å²) >= 11 is 0. The maximum atomic E-state index is 13.1. The summed E-state index contributed by atoms with van der Waals surface area (Å²) in [6.45, 7) is 13.4. The molecule has 0 amide bonds. The number of piperidine rings is 1. The number of carbonyl (C=O) groups excluding carboxylic acids is 1. The summed E-state index contributed by atoms with van der Waals surface area (Å²) in [6.07, 6.45) is 3.59. The highest BCUT2D eigenvalue weighted by molar-refractivity contribution is 6.08. The van der Waals surface area contributed by atoms with Crippen molar-refractivity contribution in [2.24, 2.45) is 0 Å². The Morgan fingerprint density at radius 2 is 1.70 bits per heavy atom. The van der Waals surface area contributed by atoms with Crippen LogP contribution in [0.5, 0.6) is 5.75 Å². The number of likely N-dealkylation sites (tertiary alicyclic amines) is 1. The van der Waals surface area contributed by atoms with E-state index in [1.54, 1.807) is 6.07 Å². The topological polar surface area (TPSA) is 54.7 Å². The molecule has 0 unspecified atom stereocenters. The Labute approximate surface area is 197 Å².